The summed E-state index contributed by atoms with van der Waals surface area (Å²) in [7, 11) is 0. The van der Waals surface area contributed by atoms with Crippen LogP contribution in [0.2, 0.25) is 0 Å². The molecule has 3 saturated heterocycles. The molecule has 5 heterocycles. The molecule has 1 amide bonds. The molecule has 0 radical (unpaired) electrons. The van der Waals surface area contributed by atoms with Crippen LogP contribution in [-0.4, -0.2) is 65.9 Å². The van der Waals surface area contributed by atoms with Crippen LogP contribution in [0.15, 0.2) is 12.3 Å². The molecular weight excluding hydrogens is 298 g/mol. The molecular formula is C16H21N3O4. The molecule has 2 atom stereocenters. The lowest BCUT2D eigenvalue weighted by Gasteiger charge is -2.44. The van der Waals surface area contributed by atoms with Gasteiger partial charge < -0.3 is 24.8 Å². The molecule has 0 aromatic carbocycles. The van der Waals surface area contributed by atoms with E-state index in [0.717, 1.165) is 32.5 Å². The number of hydrogen-bond donors (Lipinski definition) is 2. The van der Waals surface area contributed by atoms with Crippen LogP contribution < -0.4 is 14.8 Å². The number of piperidine rings is 3. The molecule has 4 aliphatic rings. The van der Waals surface area contributed by atoms with Crippen molar-refractivity contribution in [3.05, 3.63) is 18.0 Å². The zero-order valence-corrected chi connectivity index (χ0v) is 12.9. The van der Waals surface area contributed by atoms with E-state index in [1.54, 1.807) is 6.07 Å². The van der Waals surface area contributed by atoms with E-state index in [0.29, 0.717) is 23.1 Å². The summed E-state index contributed by atoms with van der Waals surface area (Å²) in [4.78, 5) is 19.0. The van der Waals surface area contributed by atoms with Gasteiger partial charge >= 0.3 is 0 Å². The minimum absolute atomic E-state index is 0.110. The maximum atomic E-state index is 12.5. The highest BCUT2D eigenvalue weighted by molar-refractivity contribution is 5.93. The molecule has 2 unspecified atom stereocenters. The molecule has 0 aliphatic carbocycles. The Morgan fingerprint density at radius 1 is 1.39 bits per heavy atom. The number of aromatic nitrogens is 1. The summed E-state index contributed by atoms with van der Waals surface area (Å²) in [6, 6.07) is 1.82. The normalized spacial score (nSPS) is 31.7. The van der Waals surface area contributed by atoms with Crippen LogP contribution in [0.5, 0.6) is 11.5 Å². The molecule has 7 nitrogen and oxygen atoms in total. The van der Waals surface area contributed by atoms with Gasteiger partial charge in [-0.3, -0.25) is 4.79 Å². The van der Waals surface area contributed by atoms with Crippen molar-refractivity contribution in [1.29, 1.82) is 0 Å². The van der Waals surface area contributed by atoms with E-state index in [-0.39, 0.29) is 31.3 Å². The maximum absolute atomic E-state index is 12.5. The largest absolute Gasteiger partial charge is 0.486 e. The van der Waals surface area contributed by atoms with Gasteiger partial charge in [0, 0.05) is 18.7 Å². The van der Waals surface area contributed by atoms with Gasteiger partial charge in [0.05, 0.1) is 12.8 Å². The van der Waals surface area contributed by atoms with E-state index in [9.17, 15) is 4.79 Å². The van der Waals surface area contributed by atoms with Crippen LogP contribution in [0, 0.1) is 5.92 Å². The zero-order chi connectivity index (χ0) is 15.8. The maximum Gasteiger partial charge on any atom is 0.270 e. The first-order valence-corrected chi connectivity index (χ1v) is 8.16. The summed E-state index contributed by atoms with van der Waals surface area (Å²) in [6.07, 6.45) is 3.42. The van der Waals surface area contributed by atoms with Gasteiger partial charge in [0.15, 0.2) is 17.6 Å². The SMILES string of the molecule is O=C(NC1CN2CCC1CC2)c1cc2c(cn1)OC(CO)CO2. The predicted molar refractivity (Wildman–Crippen MR) is 81.7 cm³/mol. The van der Waals surface area contributed by atoms with Crippen molar-refractivity contribution in [3.8, 4) is 11.5 Å². The Bertz CT molecular complexity index is 601. The van der Waals surface area contributed by atoms with Crippen molar-refractivity contribution in [2.75, 3.05) is 32.8 Å². The number of ether oxygens (including phenoxy) is 2. The van der Waals surface area contributed by atoms with Crippen molar-refractivity contribution in [2.24, 2.45) is 5.92 Å². The Morgan fingerprint density at radius 3 is 2.91 bits per heavy atom. The van der Waals surface area contributed by atoms with Crippen molar-refractivity contribution < 1.29 is 19.4 Å². The Labute approximate surface area is 134 Å². The van der Waals surface area contributed by atoms with E-state index >= 15 is 0 Å². The summed E-state index contributed by atoms with van der Waals surface area (Å²) in [5.74, 6) is 1.38. The third-order valence-electron chi connectivity index (χ3n) is 4.96. The molecule has 1 aromatic heterocycles. The summed E-state index contributed by atoms with van der Waals surface area (Å²) < 4.78 is 11.1. The molecule has 1 aromatic rings. The standard InChI is InChI=1S/C16H21N3O4/c20-8-11-9-22-14-5-12(17-6-15(14)23-11)16(21)18-13-7-19-3-1-10(13)2-4-19/h5-6,10-11,13,20H,1-4,7-9H2,(H,18,21). The number of pyridine rings is 1. The Morgan fingerprint density at radius 2 is 2.22 bits per heavy atom. The van der Waals surface area contributed by atoms with Gasteiger partial charge in [-0.25, -0.2) is 4.98 Å². The molecule has 0 saturated carbocycles. The van der Waals surface area contributed by atoms with E-state index in [1.807, 2.05) is 0 Å². The number of rotatable bonds is 3. The third-order valence-corrected chi connectivity index (χ3v) is 4.96. The first-order chi connectivity index (χ1) is 11.2. The number of carbonyl (C=O) groups excluding carboxylic acids is 1. The van der Waals surface area contributed by atoms with Crippen molar-refractivity contribution in [3.63, 3.8) is 0 Å². The minimum atomic E-state index is -0.379. The summed E-state index contributed by atoms with van der Waals surface area (Å²) in [5.41, 5.74) is 0.339. The van der Waals surface area contributed by atoms with Crippen LogP contribution in [0.25, 0.3) is 0 Å². The van der Waals surface area contributed by atoms with Crippen molar-refractivity contribution in [1.82, 2.24) is 15.2 Å². The average molecular weight is 319 g/mol. The number of aliphatic hydroxyl groups excluding tert-OH is 1. The smallest absolute Gasteiger partial charge is 0.270 e. The molecule has 5 rings (SSSR count). The lowest BCUT2D eigenvalue weighted by atomic mass is 9.84. The van der Waals surface area contributed by atoms with Crippen LogP contribution in [-0.2, 0) is 0 Å². The number of amides is 1. The molecule has 23 heavy (non-hydrogen) atoms. The number of nitrogens with zero attached hydrogens (tertiary/aromatic N) is 2. The monoisotopic (exact) mass is 319 g/mol. The highest BCUT2D eigenvalue weighted by Gasteiger charge is 2.35. The van der Waals surface area contributed by atoms with Gasteiger partial charge in [0.25, 0.3) is 5.91 Å². The van der Waals surface area contributed by atoms with Gasteiger partial charge in [0.2, 0.25) is 0 Å². The van der Waals surface area contributed by atoms with Gasteiger partial charge in [-0.15, -0.1) is 0 Å². The second-order valence-electron chi connectivity index (χ2n) is 6.47. The fourth-order valence-electron chi connectivity index (χ4n) is 3.61. The topological polar surface area (TPSA) is 83.9 Å². The van der Waals surface area contributed by atoms with Crippen molar-refractivity contribution in [2.45, 2.75) is 25.0 Å². The van der Waals surface area contributed by atoms with Crippen molar-refractivity contribution >= 4 is 5.91 Å². The zero-order valence-electron chi connectivity index (χ0n) is 12.9. The molecule has 7 heteroatoms. The molecule has 3 fully saturated rings. The van der Waals surface area contributed by atoms with Gasteiger partial charge in [-0.2, -0.15) is 0 Å². The molecule has 0 spiro atoms. The van der Waals surface area contributed by atoms with E-state index < -0.39 is 0 Å². The van der Waals surface area contributed by atoms with Crippen LogP contribution in [0.3, 0.4) is 0 Å². The minimum Gasteiger partial charge on any atom is -0.486 e. The van der Waals surface area contributed by atoms with Gasteiger partial charge in [0.1, 0.15) is 12.3 Å². The number of fused-ring (bicyclic) bond motifs is 4. The van der Waals surface area contributed by atoms with Crippen LogP contribution in [0.1, 0.15) is 23.3 Å². The first kappa shape index (κ1) is 14.7. The summed E-state index contributed by atoms with van der Waals surface area (Å²) >= 11 is 0. The number of hydrogen-bond acceptors (Lipinski definition) is 6. The van der Waals surface area contributed by atoms with Gasteiger partial charge in [-0.1, -0.05) is 0 Å². The highest BCUT2D eigenvalue weighted by Crippen LogP contribution is 2.32. The quantitative estimate of drug-likeness (QED) is 0.818. The molecule has 2 N–H and O–H groups in total. The number of carbonyl (C=O) groups is 1. The average Bonchev–Trinajstić information content (AvgIpc) is 2.61. The van der Waals surface area contributed by atoms with E-state index in [1.165, 1.54) is 6.20 Å². The Kier molecular flexibility index (Phi) is 3.82. The van der Waals surface area contributed by atoms with Crippen LogP contribution >= 0.6 is 0 Å². The van der Waals surface area contributed by atoms with Crippen LogP contribution in [0.4, 0.5) is 0 Å². The molecule has 2 bridgehead atoms. The molecule has 4 aliphatic heterocycles. The Balaban J connectivity index is 1.45. The fourth-order valence-corrected chi connectivity index (χ4v) is 3.61. The fraction of sp³-hybridized carbons (Fsp3) is 0.625. The third kappa shape index (κ3) is 2.86. The second kappa shape index (κ2) is 5.98. The van der Waals surface area contributed by atoms with E-state index in [4.69, 9.17) is 14.6 Å². The molecule has 124 valence electrons. The summed E-state index contributed by atoms with van der Waals surface area (Å²) in [6.45, 7) is 3.38. The number of nitrogens with one attached hydrogen (secondary N) is 1. The first-order valence-electron chi connectivity index (χ1n) is 8.16. The Hall–Kier alpha value is -1.86. The summed E-state index contributed by atoms with van der Waals surface area (Å²) in [5, 5.41) is 12.2. The van der Waals surface area contributed by atoms with E-state index in [2.05, 4.69) is 15.2 Å². The second-order valence-corrected chi connectivity index (χ2v) is 6.47. The van der Waals surface area contributed by atoms with Gasteiger partial charge in [-0.05, 0) is 31.8 Å². The predicted octanol–water partition coefficient (Wildman–Crippen LogP) is 0.0377. The number of aliphatic hydroxyl groups is 1. The lowest BCUT2D eigenvalue weighted by molar-refractivity contribution is 0.0448. The lowest BCUT2D eigenvalue weighted by Crippen LogP contribution is -2.57. The highest BCUT2D eigenvalue weighted by atomic mass is 16.6.